The summed E-state index contributed by atoms with van der Waals surface area (Å²) in [5.74, 6) is 0.272. The van der Waals surface area contributed by atoms with E-state index < -0.39 is 0 Å². The van der Waals surface area contributed by atoms with Crippen molar-refractivity contribution in [1.82, 2.24) is 0 Å². The Morgan fingerprint density at radius 2 is 2.00 bits per heavy atom. The Kier molecular flexibility index (Phi) is 5.68. The SMILES string of the molecule is Cc1csc2c1/C(=N/N=C(N)N)CC(c1ccccc1Cl)C2.Cl. The van der Waals surface area contributed by atoms with E-state index in [-0.39, 0.29) is 18.4 Å². The number of rotatable bonds is 2. The number of halogens is 2. The number of nitrogens with zero attached hydrogens (tertiary/aromatic N) is 2. The first-order valence-corrected chi connectivity index (χ1v) is 8.29. The molecule has 0 spiro atoms. The molecule has 7 heteroatoms. The highest BCUT2D eigenvalue weighted by Crippen LogP contribution is 2.39. The average Bonchev–Trinajstić information content (AvgIpc) is 2.87. The van der Waals surface area contributed by atoms with Crippen molar-refractivity contribution in [3.8, 4) is 0 Å². The fourth-order valence-corrected chi connectivity index (χ4v) is 4.32. The van der Waals surface area contributed by atoms with Gasteiger partial charge in [0.25, 0.3) is 0 Å². The highest BCUT2D eigenvalue weighted by Gasteiger charge is 2.28. The first-order chi connectivity index (χ1) is 10.6. The van der Waals surface area contributed by atoms with Crippen molar-refractivity contribution in [2.75, 3.05) is 0 Å². The Labute approximate surface area is 150 Å². The van der Waals surface area contributed by atoms with Crippen molar-refractivity contribution < 1.29 is 0 Å². The van der Waals surface area contributed by atoms with Crippen LogP contribution in [0.3, 0.4) is 0 Å². The van der Waals surface area contributed by atoms with E-state index in [4.69, 9.17) is 23.1 Å². The molecule has 0 fully saturated rings. The number of nitrogens with two attached hydrogens (primary N) is 2. The third kappa shape index (κ3) is 3.68. The van der Waals surface area contributed by atoms with E-state index in [9.17, 15) is 0 Å². The highest BCUT2D eigenvalue weighted by atomic mass is 35.5. The van der Waals surface area contributed by atoms with E-state index in [0.717, 1.165) is 29.1 Å². The Hall–Kier alpha value is -1.56. The smallest absolute Gasteiger partial charge is 0.211 e. The Morgan fingerprint density at radius 3 is 2.70 bits per heavy atom. The molecule has 1 aliphatic rings. The summed E-state index contributed by atoms with van der Waals surface area (Å²) in [6, 6.07) is 7.97. The summed E-state index contributed by atoms with van der Waals surface area (Å²) < 4.78 is 0. The number of fused-ring (bicyclic) bond motifs is 1. The van der Waals surface area contributed by atoms with E-state index in [1.807, 2.05) is 18.2 Å². The van der Waals surface area contributed by atoms with Gasteiger partial charge in [-0.3, -0.25) is 0 Å². The number of thiophene rings is 1. The van der Waals surface area contributed by atoms with Gasteiger partial charge in [-0.2, -0.15) is 5.10 Å². The number of hydrogen-bond acceptors (Lipinski definition) is 3. The quantitative estimate of drug-likeness (QED) is 0.479. The average molecular weight is 369 g/mol. The molecular weight excluding hydrogens is 351 g/mol. The van der Waals surface area contributed by atoms with Crippen LogP contribution in [-0.4, -0.2) is 11.7 Å². The maximum atomic E-state index is 6.36. The minimum atomic E-state index is -0.0261. The van der Waals surface area contributed by atoms with E-state index in [1.54, 1.807) is 11.3 Å². The molecule has 1 atom stereocenters. The van der Waals surface area contributed by atoms with Crippen LogP contribution in [0.5, 0.6) is 0 Å². The number of hydrogen-bond donors (Lipinski definition) is 2. The molecule has 0 saturated carbocycles. The zero-order valence-electron chi connectivity index (χ0n) is 12.6. The van der Waals surface area contributed by atoms with Gasteiger partial charge in [-0.1, -0.05) is 29.8 Å². The Morgan fingerprint density at radius 1 is 1.26 bits per heavy atom. The van der Waals surface area contributed by atoms with E-state index in [2.05, 4.69) is 28.6 Å². The summed E-state index contributed by atoms with van der Waals surface area (Å²) >= 11 is 8.12. The van der Waals surface area contributed by atoms with Gasteiger partial charge < -0.3 is 11.5 Å². The zero-order chi connectivity index (χ0) is 15.7. The molecule has 0 saturated heterocycles. The second kappa shape index (κ2) is 7.34. The van der Waals surface area contributed by atoms with Crippen LogP contribution in [0.2, 0.25) is 5.02 Å². The van der Waals surface area contributed by atoms with Gasteiger partial charge in [0, 0.05) is 15.5 Å². The lowest BCUT2D eigenvalue weighted by Crippen LogP contribution is -2.23. The van der Waals surface area contributed by atoms with Gasteiger partial charge in [-0.25, -0.2) is 0 Å². The molecule has 23 heavy (non-hydrogen) atoms. The molecule has 4 N–H and O–H groups in total. The molecule has 122 valence electrons. The van der Waals surface area contributed by atoms with Crippen molar-refractivity contribution in [2.45, 2.75) is 25.7 Å². The molecular formula is C16H18Cl2N4S. The van der Waals surface area contributed by atoms with Gasteiger partial charge in [0.2, 0.25) is 5.96 Å². The van der Waals surface area contributed by atoms with Crippen LogP contribution in [0, 0.1) is 6.92 Å². The molecule has 1 unspecified atom stereocenters. The summed E-state index contributed by atoms with van der Waals surface area (Å²) in [6.07, 6.45) is 1.75. The molecule has 2 aromatic rings. The molecule has 1 aliphatic carbocycles. The third-order valence-electron chi connectivity index (χ3n) is 3.84. The molecule has 0 bridgehead atoms. The third-order valence-corrected chi connectivity index (χ3v) is 5.31. The lowest BCUT2D eigenvalue weighted by Gasteiger charge is -2.25. The van der Waals surface area contributed by atoms with Crippen LogP contribution in [0.1, 0.15) is 33.9 Å². The van der Waals surface area contributed by atoms with Crippen molar-refractivity contribution in [2.24, 2.45) is 21.7 Å². The summed E-state index contributed by atoms with van der Waals surface area (Å²) in [6.45, 7) is 2.09. The van der Waals surface area contributed by atoms with Gasteiger partial charge in [-0.15, -0.1) is 28.8 Å². The van der Waals surface area contributed by atoms with Gasteiger partial charge in [-0.05, 0) is 48.3 Å². The second-order valence-electron chi connectivity index (χ2n) is 5.42. The fraction of sp³-hybridized carbons (Fsp3) is 0.250. The normalized spacial score (nSPS) is 18.2. The van der Waals surface area contributed by atoms with E-state index in [1.165, 1.54) is 16.0 Å². The largest absolute Gasteiger partial charge is 0.369 e. The lowest BCUT2D eigenvalue weighted by atomic mass is 9.82. The predicted octanol–water partition coefficient (Wildman–Crippen LogP) is 3.84. The highest BCUT2D eigenvalue weighted by molar-refractivity contribution is 7.10. The topological polar surface area (TPSA) is 76.8 Å². The molecule has 4 nitrogen and oxygen atoms in total. The molecule has 3 rings (SSSR count). The van der Waals surface area contributed by atoms with Gasteiger partial charge in [0.05, 0.1) is 5.71 Å². The van der Waals surface area contributed by atoms with Crippen molar-refractivity contribution in [3.63, 3.8) is 0 Å². The Balaban J connectivity index is 0.00000192. The number of aryl methyl sites for hydroxylation is 1. The van der Waals surface area contributed by atoms with Crippen molar-refractivity contribution in [3.05, 3.63) is 56.2 Å². The standard InChI is InChI=1S/C16H17ClN4S.ClH/c1-9-8-22-14-7-10(11-4-2-3-5-12(11)17)6-13(15(9)14)20-21-16(18)19;/h2-5,8,10H,6-7H2,1H3,(H4,18,19,21);1H/b20-13+;. The predicted molar refractivity (Wildman–Crippen MR) is 101 cm³/mol. The van der Waals surface area contributed by atoms with Gasteiger partial charge in [0.15, 0.2) is 0 Å². The van der Waals surface area contributed by atoms with Crippen LogP contribution in [0.4, 0.5) is 0 Å². The molecule has 1 aromatic heterocycles. The molecule has 0 radical (unpaired) electrons. The van der Waals surface area contributed by atoms with E-state index >= 15 is 0 Å². The minimum absolute atomic E-state index is 0. The molecule has 1 aromatic carbocycles. The van der Waals surface area contributed by atoms with Crippen LogP contribution >= 0.6 is 35.3 Å². The summed E-state index contributed by atoms with van der Waals surface area (Å²) in [7, 11) is 0. The lowest BCUT2D eigenvalue weighted by molar-refractivity contribution is 0.703. The first kappa shape index (κ1) is 17.8. The van der Waals surface area contributed by atoms with Crippen LogP contribution in [0.15, 0.2) is 39.8 Å². The van der Waals surface area contributed by atoms with Gasteiger partial charge in [0.1, 0.15) is 0 Å². The van der Waals surface area contributed by atoms with Gasteiger partial charge >= 0.3 is 0 Å². The molecule has 1 heterocycles. The fourth-order valence-electron chi connectivity index (χ4n) is 2.90. The number of guanidine groups is 1. The molecule has 0 amide bonds. The summed E-state index contributed by atoms with van der Waals surface area (Å²) in [5.41, 5.74) is 15.3. The van der Waals surface area contributed by atoms with Crippen molar-refractivity contribution in [1.29, 1.82) is 0 Å². The van der Waals surface area contributed by atoms with E-state index in [0.29, 0.717) is 5.92 Å². The monoisotopic (exact) mass is 368 g/mol. The Bertz CT molecular complexity index is 763. The maximum Gasteiger partial charge on any atom is 0.211 e. The second-order valence-corrected chi connectivity index (χ2v) is 6.79. The summed E-state index contributed by atoms with van der Waals surface area (Å²) in [4.78, 5) is 1.32. The van der Waals surface area contributed by atoms with Crippen LogP contribution in [0.25, 0.3) is 0 Å². The maximum absolute atomic E-state index is 6.36. The van der Waals surface area contributed by atoms with Crippen molar-refractivity contribution >= 4 is 47.0 Å². The minimum Gasteiger partial charge on any atom is -0.369 e. The first-order valence-electron chi connectivity index (χ1n) is 7.03. The zero-order valence-corrected chi connectivity index (χ0v) is 15.0. The van der Waals surface area contributed by atoms with Crippen LogP contribution < -0.4 is 11.5 Å². The summed E-state index contributed by atoms with van der Waals surface area (Å²) in [5, 5.41) is 11.1. The van der Waals surface area contributed by atoms with Crippen LogP contribution in [-0.2, 0) is 6.42 Å². The number of benzene rings is 1. The molecule has 0 aliphatic heterocycles.